The molecule has 3 aromatic rings. The number of aromatic nitrogens is 1. The van der Waals surface area contributed by atoms with Crippen LogP contribution in [0.5, 0.6) is 0 Å². The third-order valence-corrected chi connectivity index (χ3v) is 5.16. The first-order chi connectivity index (χ1) is 12.2. The number of urea groups is 1. The zero-order valence-corrected chi connectivity index (χ0v) is 14.5. The van der Waals surface area contributed by atoms with Gasteiger partial charge in [-0.1, -0.05) is 36.4 Å². The minimum absolute atomic E-state index is 0.000276. The predicted molar refractivity (Wildman–Crippen MR) is 102 cm³/mol. The first-order valence-corrected chi connectivity index (χ1v) is 8.90. The summed E-state index contributed by atoms with van der Waals surface area (Å²) in [6.07, 6.45) is 2.01. The molecule has 0 atom stereocenters. The number of benzene rings is 2. The molecular weight excluding hydrogens is 310 g/mol. The molecule has 1 aliphatic heterocycles. The van der Waals surface area contributed by atoms with Crippen molar-refractivity contribution in [3.8, 4) is 0 Å². The van der Waals surface area contributed by atoms with Gasteiger partial charge < -0.3 is 15.2 Å². The summed E-state index contributed by atoms with van der Waals surface area (Å²) in [4.78, 5) is 17.9. The van der Waals surface area contributed by atoms with Crippen LogP contribution in [0, 0.1) is 6.92 Å². The lowest BCUT2D eigenvalue weighted by atomic mass is 9.87. The molecule has 0 saturated carbocycles. The van der Waals surface area contributed by atoms with Gasteiger partial charge in [-0.3, -0.25) is 0 Å². The van der Waals surface area contributed by atoms with Gasteiger partial charge in [0.15, 0.2) is 0 Å². The highest BCUT2D eigenvalue weighted by molar-refractivity contribution is 5.89. The number of aromatic amines is 1. The molecule has 0 spiro atoms. The first-order valence-electron chi connectivity index (χ1n) is 8.90. The van der Waals surface area contributed by atoms with E-state index in [4.69, 9.17) is 0 Å². The van der Waals surface area contributed by atoms with E-state index in [1.165, 1.54) is 22.2 Å². The summed E-state index contributed by atoms with van der Waals surface area (Å²) in [5, 5.41) is 4.31. The Morgan fingerprint density at radius 3 is 2.48 bits per heavy atom. The smallest absolute Gasteiger partial charge is 0.321 e. The van der Waals surface area contributed by atoms with E-state index >= 15 is 0 Å². The maximum atomic E-state index is 12.4. The van der Waals surface area contributed by atoms with E-state index in [9.17, 15) is 4.79 Å². The van der Waals surface area contributed by atoms with Crippen molar-refractivity contribution < 1.29 is 4.79 Å². The highest BCUT2D eigenvalue weighted by Gasteiger charge is 2.26. The van der Waals surface area contributed by atoms with Gasteiger partial charge >= 0.3 is 6.03 Å². The Bertz CT molecular complexity index is 877. The Morgan fingerprint density at radius 1 is 1.04 bits per heavy atom. The van der Waals surface area contributed by atoms with Crippen LogP contribution in [-0.4, -0.2) is 29.0 Å². The number of hydrogen-bond donors (Lipinski definition) is 2. The fourth-order valence-electron chi connectivity index (χ4n) is 3.92. The SMILES string of the molecule is Cc1[nH]c2ccccc2c1C1CCN(C(=O)Nc2ccccc2)CC1. The van der Waals surface area contributed by atoms with Crippen LogP contribution in [0.15, 0.2) is 54.6 Å². The van der Waals surface area contributed by atoms with Crippen molar-refractivity contribution in [3.05, 3.63) is 65.9 Å². The number of carbonyl (C=O) groups excluding carboxylic acids is 1. The second kappa shape index (κ2) is 6.63. The van der Waals surface area contributed by atoms with E-state index in [-0.39, 0.29) is 6.03 Å². The summed E-state index contributed by atoms with van der Waals surface area (Å²) in [5.74, 6) is 0.511. The van der Waals surface area contributed by atoms with Crippen LogP contribution >= 0.6 is 0 Å². The number of anilines is 1. The molecule has 1 fully saturated rings. The molecule has 2 aromatic carbocycles. The molecule has 2 N–H and O–H groups in total. The summed E-state index contributed by atoms with van der Waals surface area (Å²) in [6, 6.07) is 18.1. The lowest BCUT2D eigenvalue weighted by Gasteiger charge is -2.32. The average molecular weight is 333 g/mol. The van der Waals surface area contributed by atoms with Crippen LogP contribution in [0.3, 0.4) is 0 Å². The maximum absolute atomic E-state index is 12.4. The quantitative estimate of drug-likeness (QED) is 0.689. The van der Waals surface area contributed by atoms with Crippen LogP contribution in [0.2, 0.25) is 0 Å². The monoisotopic (exact) mass is 333 g/mol. The van der Waals surface area contributed by atoms with Gasteiger partial charge in [-0.2, -0.15) is 0 Å². The summed E-state index contributed by atoms with van der Waals surface area (Å²) in [6.45, 7) is 3.74. The molecule has 1 aromatic heterocycles. The Labute approximate surface area is 147 Å². The highest BCUT2D eigenvalue weighted by atomic mass is 16.2. The number of likely N-dealkylation sites (tertiary alicyclic amines) is 1. The number of aryl methyl sites for hydroxylation is 1. The molecule has 0 radical (unpaired) electrons. The minimum atomic E-state index is 0.000276. The maximum Gasteiger partial charge on any atom is 0.321 e. The van der Waals surface area contributed by atoms with Crippen LogP contribution in [0.4, 0.5) is 10.5 Å². The van der Waals surface area contributed by atoms with Crippen molar-refractivity contribution in [2.24, 2.45) is 0 Å². The third-order valence-electron chi connectivity index (χ3n) is 5.16. The van der Waals surface area contributed by atoms with Gasteiger partial charge in [-0.25, -0.2) is 4.79 Å². The van der Waals surface area contributed by atoms with Crippen LogP contribution in [0.1, 0.15) is 30.0 Å². The fraction of sp³-hybridized carbons (Fsp3) is 0.286. The van der Waals surface area contributed by atoms with E-state index in [0.29, 0.717) is 5.92 Å². The lowest BCUT2D eigenvalue weighted by molar-refractivity contribution is 0.194. The average Bonchev–Trinajstić information content (AvgIpc) is 2.98. The van der Waals surface area contributed by atoms with Gasteiger partial charge in [0, 0.05) is 35.4 Å². The summed E-state index contributed by atoms with van der Waals surface area (Å²) < 4.78 is 0. The van der Waals surface area contributed by atoms with Crippen molar-refractivity contribution in [1.29, 1.82) is 0 Å². The molecule has 2 heterocycles. The largest absolute Gasteiger partial charge is 0.358 e. The number of carbonyl (C=O) groups is 1. The third kappa shape index (κ3) is 3.12. The van der Waals surface area contributed by atoms with Gasteiger partial charge in [-0.05, 0) is 49.4 Å². The molecule has 0 bridgehead atoms. The van der Waals surface area contributed by atoms with Gasteiger partial charge in [-0.15, -0.1) is 0 Å². The van der Waals surface area contributed by atoms with E-state index < -0.39 is 0 Å². The molecule has 0 unspecified atom stereocenters. The second-order valence-electron chi connectivity index (χ2n) is 6.77. The zero-order chi connectivity index (χ0) is 17.2. The number of amides is 2. The minimum Gasteiger partial charge on any atom is -0.358 e. The van der Waals surface area contributed by atoms with Crippen molar-refractivity contribution in [1.82, 2.24) is 9.88 Å². The van der Waals surface area contributed by atoms with E-state index in [1.54, 1.807) is 0 Å². The zero-order valence-electron chi connectivity index (χ0n) is 14.5. The van der Waals surface area contributed by atoms with E-state index in [0.717, 1.165) is 31.6 Å². The van der Waals surface area contributed by atoms with Crippen LogP contribution in [-0.2, 0) is 0 Å². The van der Waals surface area contributed by atoms with Gasteiger partial charge in [0.25, 0.3) is 0 Å². The number of para-hydroxylation sites is 2. The normalized spacial score (nSPS) is 15.5. The van der Waals surface area contributed by atoms with Crippen molar-refractivity contribution in [2.75, 3.05) is 18.4 Å². The predicted octanol–water partition coefficient (Wildman–Crippen LogP) is 4.89. The molecule has 1 saturated heterocycles. The number of hydrogen-bond acceptors (Lipinski definition) is 1. The Morgan fingerprint density at radius 2 is 1.72 bits per heavy atom. The van der Waals surface area contributed by atoms with Crippen molar-refractivity contribution in [2.45, 2.75) is 25.7 Å². The van der Waals surface area contributed by atoms with Gasteiger partial charge in [0.1, 0.15) is 0 Å². The molecule has 4 nitrogen and oxygen atoms in total. The number of rotatable bonds is 2. The van der Waals surface area contributed by atoms with Crippen LogP contribution in [0.25, 0.3) is 10.9 Å². The topological polar surface area (TPSA) is 48.1 Å². The first kappa shape index (κ1) is 15.8. The van der Waals surface area contributed by atoms with E-state index in [2.05, 4.69) is 41.5 Å². The number of fused-ring (bicyclic) bond motifs is 1. The number of H-pyrrole nitrogens is 1. The number of nitrogens with one attached hydrogen (secondary N) is 2. The molecule has 0 aliphatic carbocycles. The molecule has 2 amide bonds. The number of piperidine rings is 1. The van der Waals surface area contributed by atoms with Crippen molar-refractivity contribution >= 4 is 22.6 Å². The summed E-state index contributed by atoms with van der Waals surface area (Å²) >= 11 is 0. The molecular formula is C21H23N3O. The Hall–Kier alpha value is -2.75. The van der Waals surface area contributed by atoms with Crippen molar-refractivity contribution in [3.63, 3.8) is 0 Å². The number of nitrogens with zero attached hydrogens (tertiary/aromatic N) is 1. The lowest BCUT2D eigenvalue weighted by Crippen LogP contribution is -2.40. The van der Waals surface area contributed by atoms with Crippen LogP contribution < -0.4 is 5.32 Å². The molecule has 4 rings (SSSR count). The summed E-state index contributed by atoms with van der Waals surface area (Å²) in [5.41, 5.74) is 4.74. The van der Waals surface area contributed by atoms with Gasteiger partial charge in [0.05, 0.1) is 0 Å². The summed E-state index contributed by atoms with van der Waals surface area (Å²) in [7, 11) is 0. The standard InChI is InChI=1S/C21H23N3O/c1-15-20(18-9-5-6-10-19(18)22-15)16-11-13-24(14-12-16)21(25)23-17-7-3-2-4-8-17/h2-10,16,22H,11-14H2,1H3,(H,23,25). The Kier molecular flexibility index (Phi) is 4.18. The molecule has 128 valence electrons. The van der Waals surface area contributed by atoms with E-state index in [1.807, 2.05) is 35.2 Å². The van der Waals surface area contributed by atoms with Gasteiger partial charge in [0.2, 0.25) is 0 Å². The second-order valence-corrected chi connectivity index (χ2v) is 6.77. The molecule has 25 heavy (non-hydrogen) atoms. The fourth-order valence-corrected chi connectivity index (χ4v) is 3.92. The molecule has 4 heteroatoms. The molecule has 1 aliphatic rings. The highest BCUT2D eigenvalue weighted by Crippen LogP contribution is 2.35. The Balaban J connectivity index is 1.44.